The van der Waals surface area contributed by atoms with E-state index in [1.807, 2.05) is 32.9 Å². The summed E-state index contributed by atoms with van der Waals surface area (Å²) < 4.78 is 0. The number of carbonyl (C=O) groups is 1. The Morgan fingerprint density at radius 1 is 1.15 bits per heavy atom. The van der Waals surface area contributed by atoms with E-state index in [9.17, 15) is 9.59 Å². The van der Waals surface area contributed by atoms with Crippen LogP contribution in [-0.2, 0) is 6.42 Å². The molecule has 3 heterocycles. The van der Waals surface area contributed by atoms with Gasteiger partial charge in [0.15, 0.2) is 16.6 Å². The molecule has 1 aliphatic carbocycles. The second-order valence-electron chi connectivity index (χ2n) is 6.73. The van der Waals surface area contributed by atoms with Crippen molar-refractivity contribution in [2.45, 2.75) is 50.4 Å². The van der Waals surface area contributed by atoms with Crippen LogP contribution in [0.25, 0.3) is 21.5 Å². The molecule has 0 amide bonds. The van der Waals surface area contributed by atoms with Gasteiger partial charge in [0.25, 0.3) is 5.56 Å². The SMILES string of the molecule is Cc1ccc(-c2c3c(nc4nc(SC(C)C)[nH]c(=O)c24)CCCC3=O)s1. The highest BCUT2D eigenvalue weighted by Crippen LogP contribution is 2.38. The molecular formula is C19H19N3O2S2. The van der Waals surface area contributed by atoms with Crippen molar-refractivity contribution < 1.29 is 4.79 Å². The third-order valence-electron chi connectivity index (χ3n) is 4.34. The van der Waals surface area contributed by atoms with Crippen molar-refractivity contribution in [2.24, 2.45) is 0 Å². The number of thioether (sulfide) groups is 1. The van der Waals surface area contributed by atoms with Gasteiger partial charge >= 0.3 is 0 Å². The fourth-order valence-corrected chi connectivity index (χ4v) is 4.98. The zero-order valence-electron chi connectivity index (χ0n) is 14.9. The van der Waals surface area contributed by atoms with Crippen LogP contribution < -0.4 is 5.56 Å². The van der Waals surface area contributed by atoms with Gasteiger partial charge in [0.1, 0.15) is 0 Å². The maximum Gasteiger partial charge on any atom is 0.261 e. The third kappa shape index (κ3) is 2.99. The van der Waals surface area contributed by atoms with Crippen LogP contribution in [0.2, 0.25) is 0 Å². The Bertz CT molecular complexity index is 1080. The van der Waals surface area contributed by atoms with E-state index in [1.165, 1.54) is 11.8 Å². The minimum absolute atomic E-state index is 0.0711. The number of hydrogen-bond acceptors (Lipinski definition) is 6. The van der Waals surface area contributed by atoms with Crippen LogP contribution >= 0.6 is 23.1 Å². The molecule has 3 aromatic heterocycles. The van der Waals surface area contributed by atoms with Gasteiger partial charge in [-0.25, -0.2) is 9.97 Å². The van der Waals surface area contributed by atoms with Crippen LogP contribution in [0.1, 0.15) is 47.6 Å². The number of Topliss-reactive ketones (excluding diaryl/α,β-unsaturated/α-hetero) is 1. The Morgan fingerprint density at radius 2 is 1.96 bits per heavy atom. The lowest BCUT2D eigenvalue weighted by atomic mass is 9.89. The van der Waals surface area contributed by atoms with Crippen LogP contribution in [0.4, 0.5) is 0 Å². The standard InChI is InChI=1S/C19H19N3O2S2/c1-9(2)25-19-21-17-16(18(24)22-19)15(13-8-7-10(3)26-13)14-11(20-17)5-4-6-12(14)23/h7-9H,4-6H2,1-3H3,(H,20,21,22,24). The summed E-state index contributed by atoms with van der Waals surface area (Å²) in [5, 5.41) is 1.29. The van der Waals surface area contributed by atoms with Gasteiger partial charge in [0, 0.05) is 32.6 Å². The van der Waals surface area contributed by atoms with Gasteiger partial charge < -0.3 is 4.98 Å². The summed E-state index contributed by atoms with van der Waals surface area (Å²) in [5.41, 5.74) is 2.30. The van der Waals surface area contributed by atoms with E-state index >= 15 is 0 Å². The van der Waals surface area contributed by atoms with Crippen LogP contribution in [0, 0.1) is 6.92 Å². The molecule has 0 radical (unpaired) electrons. The average molecular weight is 386 g/mol. The lowest BCUT2D eigenvalue weighted by Gasteiger charge is -2.18. The fraction of sp³-hybridized carbons (Fsp3) is 0.368. The normalized spacial score (nSPS) is 14.2. The minimum atomic E-state index is -0.229. The first-order chi connectivity index (χ1) is 12.4. The molecule has 0 bridgehead atoms. The van der Waals surface area contributed by atoms with E-state index in [0.29, 0.717) is 39.0 Å². The molecular weight excluding hydrogens is 366 g/mol. The number of nitrogens with one attached hydrogen (secondary N) is 1. The summed E-state index contributed by atoms with van der Waals surface area (Å²) in [6.45, 7) is 6.12. The van der Waals surface area contributed by atoms with Crippen molar-refractivity contribution in [1.82, 2.24) is 15.0 Å². The molecule has 1 N–H and O–H groups in total. The summed E-state index contributed by atoms with van der Waals surface area (Å²) >= 11 is 3.09. The predicted molar refractivity (Wildman–Crippen MR) is 106 cm³/mol. The number of hydrogen-bond donors (Lipinski definition) is 1. The first-order valence-corrected chi connectivity index (χ1v) is 10.4. The van der Waals surface area contributed by atoms with E-state index in [-0.39, 0.29) is 11.3 Å². The van der Waals surface area contributed by atoms with E-state index in [1.54, 1.807) is 11.3 Å². The number of nitrogens with zero attached hydrogens (tertiary/aromatic N) is 2. The van der Waals surface area contributed by atoms with Crippen LogP contribution in [0.3, 0.4) is 0 Å². The Balaban J connectivity index is 2.09. The lowest BCUT2D eigenvalue weighted by Crippen LogP contribution is -2.19. The Hall–Kier alpha value is -1.99. The van der Waals surface area contributed by atoms with Crippen LogP contribution in [-0.4, -0.2) is 26.0 Å². The highest BCUT2D eigenvalue weighted by atomic mass is 32.2. The second-order valence-corrected chi connectivity index (χ2v) is 9.58. The van der Waals surface area contributed by atoms with Gasteiger partial charge in [-0.1, -0.05) is 25.6 Å². The smallest absolute Gasteiger partial charge is 0.261 e. The number of aromatic nitrogens is 3. The van der Waals surface area contributed by atoms with E-state index in [0.717, 1.165) is 28.3 Å². The Labute approximate surface area is 159 Å². The molecule has 0 aliphatic heterocycles. The fourth-order valence-electron chi connectivity index (χ4n) is 3.32. The lowest BCUT2D eigenvalue weighted by molar-refractivity contribution is 0.0972. The third-order valence-corrected chi connectivity index (χ3v) is 6.24. The maximum absolute atomic E-state index is 12.9. The van der Waals surface area contributed by atoms with Crippen molar-refractivity contribution in [2.75, 3.05) is 0 Å². The van der Waals surface area contributed by atoms with Crippen molar-refractivity contribution >= 4 is 39.9 Å². The number of rotatable bonds is 3. The average Bonchev–Trinajstić information content (AvgIpc) is 2.98. The van der Waals surface area contributed by atoms with Crippen molar-refractivity contribution in [3.8, 4) is 10.4 Å². The van der Waals surface area contributed by atoms with Crippen LogP contribution in [0.15, 0.2) is 22.1 Å². The minimum Gasteiger partial charge on any atom is -0.301 e. The number of fused-ring (bicyclic) bond motifs is 2. The van der Waals surface area contributed by atoms with Gasteiger partial charge in [-0.05, 0) is 31.9 Å². The largest absolute Gasteiger partial charge is 0.301 e. The van der Waals surface area contributed by atoms with Gasteiger partial charge in [-0.2, -0.15) is 0 Å². The molecule has 4 rings (SSSR count). The Kier molecular flexibility index (Phi) is 4.44. The molecule has 0 spiro atoms. The molecule has 3 aromatic rings. The first-order valence-electron chi connectivity index (χ1n) is 8.67. The van der Waals surface area contributed by atoms with Crippen LogP contribution in [0.5, 0.6) is 0 Å². The Morgan fingerprint density at radius 3 is 2.65 bits per heavy atom. The summed E-state index contributed by atoms with van der Waals surface area (Å²) in [5.74, 6) is 0.0711. The molecule has 26 heavy (non-hydrogen) atoms. The van der Waals surface area contributed by atoms with Gasteiger partial charge in [0.2, 0.25) is 0 Å². The zero-order valence-corrected chi connectivity index (χ0v) is 16.5. The van der Waals surface area contributed by atoms with Crippen molar-refractivity contribution in [3.05, 3.63) is 38.6 Å². The number of thiophene rings is 1. The van der Waals surface area contributed by atoms with Gasteiger partial charge in [-0.3, -0.25) is 9.59 Å². The highest BCUT2D eigenvalue weighted by molar-refractivity contribution is 7.99. The van der Waals surface area contributed by atoms with Crippen molar-refractivity contribution in [3.63, 3.8) is 0 Å². The number of H-pyrrole nitrogens is 1. The predicted octanol–water partition coefficient (Wildman–Crippen LogP) is 4.37. The van der Waals surface area contributed by atoms with Gasteiger partial charge in [-0.15, -0.1) is 11.3 Å². The molecule has 5 nitrogen and oxygen atoms in total. The second kappa shape index (κ2) is 6.63. The molecule has 0 fully saturated rings. The topological polar surface area (TPSA) is 75.7 Å². The summed E-state index contributed by atoms with van der Waals surface area (Å²) in [6, 6.07) is 3.99. The van der Waals surface area contributed by atoms with Gasteiger partial charge in [0.05, 0.1) is 11.1 Å². The molecule has 0 atom stereocenters. The molecule has 0 saturated carbocycles. The van der Waals surface area contributed by atoms with Crippen molar-refractivity contribution in [1.29, 1.82) is 0 Å². The summed E-state index contributed by atoms with van der Waals surface area (Å²) in [6.07, 6.45) is 2.05. The number of aryl methyl sites for hydroxylation is 2. The number of aromatic amines is 1. The monoisotopic (exact) mass is 385 g/mol. The summed E-state index contributed by atoms with van der Waals surface area (Å²) in [7, 11) is 0. The molecule has 1 aliphatic rings. The summed E-state index contributed by atoms with van der Waals surface area (Å²) in [4.78, 5) is 39.8. The van der Waals surface area contributed by atoms with E-state index in [4.69, 9.17) is 0 Å². The number of pyridine rings is 1. The quantitative estimate of drug-likeness (QED) is 0.535. The molecule has 0 aromatic carbocycles. The van der Waals surface area contributed by atoms with E-state index < -0.39 is 0 Å². The van der Waals surface area contributed by atoms with E-state index in [2.05, 4.69) is 15.0 Å². The molecule has 0 saturated heterocycles. The molecule has 134 valence electrons. The number of ketones is 1. The highest BCUT2D eigenvalue weighted by Gasteiger charge is 2.28. The molecule has 0 unspecified atom stereocenters. The first kappa shape index (κ1) is 17.4. The molecule has 7 heteroatoms. The maximum atomic E-state index is 12.9. The zero-order chi connectivity index (χ0) is 18.4. The number of carbonyl (C=O) groups excluding carboxylic acids is 1.